The molecule has 2 fully saturated rings. The molecule has 158 valence electrons. The quantitative estimate of drug-likeness (QED) is 0.673. The number of carbonyl (C=O) groups excluding carboxylic acids is 1. The number of rotatable bonds is 4. The summed E-state index contributed by atoms with van der Waals surface area (Å²) in [6.45, 7) is 17.2. The van der Waals surface area contributed by atoms with Gasteiger partial charge in [0.25, 0.3) is 0 Å². The largest absolute Gasteiger partial charge is 0.444 e. The summed E-state index contributed by atoms with van der Waals surface area (Å²) in [6, 6.07) is 0.159. The van der Waals surface area contributed by atoms with Crippen LogP contribution in [0.4, 0.5) is 4.79 Å². The molecule has 6 heteroatoms. The molecule has 0 bridgehead atoms. The predicted octanol–water partition coefficient (Wildman–Crippen LogP) is 4.70. The van der Waals surface area contributed by atoms with Crippen molar-refractivity contribution in [2.45, 2.75) is 103 Å². The molecule has 0 aromatic heterocycles. The molecule has 1 amide bonds. The van der Waals surface area contributed by atoms with Crippen molar-refractivity contribution < 1.29 is 19.1 Å². The van der Waals surface area contributed by atoms with Gasteiger partial charge in [-0.3, -0.25) is 0 Å². The highest BCUT2D eigenvalue weighted by Crippen LogP contribution is 2.49. The molecule has 2 rings (SSSR count). The number of alkyl carbamates (subject to hydrolysis) is 1. The summed E-state index contributed by atoms with van der Waals surface area (Å²) in [5, 5.41) is 13.3. The third-order valence-electron chi connectivity index (χ3n) is 6.79. The molecule has 5 atom stereocenters. The predicted molar refractivity (Wildman–Crippen MR) is 111 cm³/mol. The van der Waals surface area contributed by atoms with Crippen molar-refractivity contribution in [2.75, 3.05) is 6.61 Å². The Kier molecular flexibility index (Phi) is 6.75. The SMILES string of the molecule is CC(C)(C)OC(=O)NC1CC[C@@H]2[C@H](C1)C[C@@H](O[Si](C)(C)C(C)(C)C)[C@@H]2CO. The number of aliphatic hydroxyl groups is 1. The second-order valence-corrected chi connectivity index (χ2v) is 15.8. The van der Waals surface area contributed by atoms with Crippen LogP contribution in [0.15, 0.2) is 0 Å². The first-order valence-electron chi connectivity index (χ1n) is 10.5. The summed E-state index contributed by atoms with van der Waals surface area (Å²) in [4.78, 5) is 12.1. The van der Waals surface area contributed by atoms with Crippen LogP contribution in [-0.2, 0) is 9.16 Å². The molecule has 0 aromatic carbocycles. The van der Waals surface area contributed by atoms with E-state index in [1.54, 1.807) is 0 Å². The van der Waals surface area contributed by atoms with E-state index in [4.69, 9.17) is 9.16 Å². The molecule has 0 saturated heterocycles. The minimum absolute atomic E-state index is 0.145. The summed E-state index contributed by atoms with van der Waals surface area (Å²) in [5.41, 5.74) is -0.473. The third kappa shape index (κ3) is 5.70. The zero-order valence-electron chi connectivity index (χ0n) is 18.6. The van der Waals surface area contributed by atoms with Crippen LogP contribution in [-0.4, -0.2) is 43.9 Å². The fraction of sp³-hybridized carbons (Fsp3) is 0.952. The van der Waals surface area contributed by atoms with Gasteiger partial charge in [0.05, 0.1) is 6.10 Å². The number of hydrogen-bond acceptors (Lipinski definition) is 4. The standard InChI is InChI=1S/C21H41NO4Si/c1-20(2,3)25-19(24)22-15-9-10-16-14(11-15)12-18(17(16)13-23)26-27(7,8)21(4,5)6/h14-18,23H,9-13H2,1-8H3,(H,22,24)/t14-,15?,16-,17-,18-/m1/s1. The third-order valence-corrected chi connectivity index (χ3v) is 11.3. The Hall–Kier alpha value is -0.593. The van der Waals surface area contributed by atoms with Crippen LogP contribution < -0.4 is 5.32 Å². The topological polar surface area (TPSA) is 67.8 Å². The summed E-state index contributed by atoms with van der Waals surface area (Å²) < 4.78 is 12.1. The maximum absolute atomic E-state index is 12.1. The number of nitrogens with one attached hydrogen (secondary N) is 1. The number of hydrogen-bond donors (Lipinski definition) is 2. The first-order valence-corrected chi connectivity index (χ1v) is 13.4. The van der Waals surface area contributed by atoms with Gasteiger partial charge in [-0.2, -0.15) is 0 Å². The van der Waals surface area contributed by atoms with Crippen LogP contribution >= 0.6 is 0 Å². The maximum atomic E-state index is 12.1. The molecule has 2 saturated carbocycles. The summed E-state index contributed by atoms with van der Waals surface area (Å²) >= 11 is 0. The summed E-state index contributed by atoms with van der Waals surface area (Å²) in [6.07, 6.45) is 3.76. The van der Waals surface area contributed by atoms with Crippen molar-refractivity contribution in [1.82, 2.24) is 5.32 Å². The van der Waals surface area contributed by atoms with Gasteiger partial charge in [0.2, 0.25) is 0 Å². The van der Waals surface area contributed by atoms with E-state index in [9.17, 15) is 9.90 Å². The monoisotopic (exact) mass is 399 g/mol. The van der Waals surface area contributed by atoms with Crippen LogP contribution in [0.25, 0.3) is 0 Å². The van der Waals surface area contributed by atoms with Crippen LogP contribution in [0, 0.1) is 17.8 Å². The lowest BCUT2D eigenvalue weighted by molar-refractivity contribution is 0.0453. The van der Waals surface area contributed by atoms with Crippen molar-refractivity contribution in [3.05, 3.63) is 0 Å². The van der Waals surface area contributed by atoms with E-state index in [1.807, 2.05) is 20.8 Å². The zero-order chi connectivity index (χ0) is 20.6. The molecule has 5 nitrogen and oxygen atoms in total. The second kappa shape index (κ2) is 8.03. The first kappa shape index (κ1) is 22.7. The van der Waals surface area contributed by atoms with Gasteiger partial charge in [0.15, 0.2) is 8.32 Å². The lowest BCUT2D eigenvalue weighted by Crippen LogP contribution is -2.45. The molecule has 0 radical (unpaired) electrons. The fourth-order valence-corrected chi connectivity index (χ4v) is 5.80. The minimum atomic E-state index is -1.86. The lowest BCUT2D eigenvalue weighted by Gasteiger charge is -2.40. The Morgan fingerprint density at radius 3 is 2.26 bits per heavy atom. The van der Waals surface area contributed by atoms with E-state index in [-0.39, 0.29) is 35.8 Å². The summed E-state index contributed by atoms with van der Waals surface area (Å²) in [5.74, 6) is 1.23. The normalized spacial score (nSPS) is 32.1. The molecule has 1 unspecified atom stereocenters. The van der Waals surface area contributed by atoms with E-state index in [2.05, 4.69) is 39.2 Å². The van der Waals surface area contributed by atoms with Crippen LogP contribution in [0.5, 0.6) is 0 Å². The van der Waals surface area contributed by atoms with Crippen LogP contribution in [0.1, 0.15) is 67.2 Å². The van der Waals surface area contributed by atoms with Gasteiger partial charge in [-0.05, 0) is 76.4 Å². The van der Waals surface area contributed by atoms with Crippen molar-refractivity contribution in [2.24, 2.45) is 17.8 Å². The van der Waals surface area contributed by atoms with E-state index >= 15 is 0 Å². The maximum Gasteiger partial charge on any atom is 0.407 e. The number of aliphatic hydroxyl groups excluding tert-OH is 1. The van der Waals surface area contributed by atoms with E-state index in [1.165, 1.54) is 0 Å². The van der Waals surface area contributed by atoms with Gasteiger partial charge in [0, 0.05) is 18.6 Å². The van der Waals surface area contributed by atoms with Crippen molar-refractivity contribution >= 4 is 14.4 Å². The van der Waals surface area contributed by atoms with Crippen molar-refractivity contribution in [3.63, 3.8) is 0 Å². The van der Waals surface area contributed by atoms with Crippen molar-refractivity contribution in [3.8, 4) is 0 Å². The Bertz CT molecular complexity index is 523. The smallest absolute Gasteiger partial charge is 0.407 e. The molecule has 0 heterocycles. The van der Waals surface area contributed by atoms with Gasteiger partial charge in [-0.25, -0.2) is 4.79 Å². The number of amides is 1. The van der Waals surface area contributed by atoms with Gasteiger partial charge in [0.1, 0.15) is 5.60 Å². The lowest BCUT2D eigenvalue weighted by atomic mass is 9.76. The number of ether oxygens (including phenoxy) is 1. The van der Waals surface area contributed by atoms with Crippen molar-refractivity contribution in [1.29, 1.82) is 0 Å². The number of fused-ring (bicyclic) bond motifs is 1. The van der Waals surface area contributed by atoms with Crippen LogP contribution in [0.3, 0.4) is 0 Å². The Balaban J connectivity index is 1.99. The molecule has 2 N–H and O–H groups in total. The molecule has 27 heavy (non-hydrogen) atoms. The average molecular weight is 400 g/mol. The van der Waals surface area contributed by atoms with E-state index < -0.39 is 13.9 Å². The molecule has 2 aliphatic carbocycles. The highest BCUT2D eigenvalue weighted by Gasteiger charge is 2.49. The van der Waals surface area contributed by atoms with Gasteiger partial charge in [-0.15, -0.1) is 0 Å². The molecular formula is C21H41NO4Si. The molecule has 0 aliphatic heterocycles. The average Bonchev–Trinajstić information content (AvgIpc) is 2.79. The fourth-order valence-electron chi connectivity index (χ4n) is 4.42. The van der Waals surface area contributed by atoms with E-state index in [0.29, 0.717) is 11.8 Å². The van der Waals surface area contributed by atoms with E-state index in [0.717, 1.165) is 25.7 Å². The number of carbonyl (C=O) groups is 1. The molecule has 0 aromatic rings. The van der Waals surface area contributed by atoms with Gasteiger partial charge >= 0.3 is 6.09 Å². The zero-order valence-corrected chi connectivity index (χ0v) is 19.6. The molecule has 0 spiro atoms. The molecular weight excluding hydrogens is 358 g/mol. The molecule has 2 aliphatic rings. The van der Waals surface area contributed by atoms with Gasteiger partial charge < -0.3 is 19.6 Å². The highest BCUT2D eigenvalue weighted by atomic mass is 28.4. The minimum Gasteiger partial charge on any atom is -0.444 e. The second-order valence-electron chi connectivity index (χ2n) is 11.1. The van der Waals surface area contributed by atoms with Crippen LogP contribution in [0.2, 0.25) is 18.1 Å². The Morgan fingerprint density at radius 1 is 1.11 bits per heavy atom. The Morgan fingerprint density at radius 2 is 1.74 bits per heavy atom. The highest BCUT2D eigenvalue weighted by molar-refractivity contribution is 6.74. The first-order chi connectivity index (χ1) is 12.2. The van der Waals surface area contributed by atoms with Gasteiger partial charge in [-0.1, -0.05) is 20.8 Å². The Labute approximate surface area is 166 Å². The summed E-state index contributed by atoms with van der Waals surface area (Å²) in [7, 11) is -1.86.